The fourth-order valence-electron chi connectivity index (χ4n) is 2.17. The monoisotopic (exact) mass is 380 g/mol. The molecule has 0 spiro atoms. The van der Waals surface area contributed by atoms with Gasteiger partial charge in [0.05, 0.1) is 28.4 Å². The largest absolute Gasteiger partial charge is 0.374 e. The molecular formula is C19H22Cl2N2O2. The lowest BCUT2D eigenvalue weighted by Crippen LogP contribution is -2.32. The van der Waals surface area contributed by atoms with Crippen molar-refractivity contribution in [3.8, 4) is 0 Å². The van der Waals surface area contributed by atoms with Gasteiger partial charge in [-0.25, -0.2) is 0 Å². The van der Waals surface area contributed by atoms with E-state index in [4.69, 9.17) is 27.9 Å². The molecule has 0 saturated carbocycles. The number of nitrogens with one attached hydrogen (secondary N) is 2. The molecule has 0 aliphatic heterocycles. The Bertz CT molecular complexity index is 735. The number of ether oxygens (including phenoxy) is 1. The quantitative estimate of drug-likeness (QED) is 0.679. The third-order valence-electron chi connectivity index (χ3n) is 3.50. The lowest BCUT2D eigenvalue weighted by molar-refractivity contribution is -0.116. The lowest BCUT2D eigenvalue weighted by Gasteiger charge is -2.17. The Labute approximate surface area is 158 Å². The van der Waals surface area contributed by atoms with Crippen LogP contribution < -0.4 is 10.6 Å². The van der Waals surface area contributed by atoms with Crippen LogP contribution in [0.5, 0.6) is 0 Å². The second-order valence-electron chi connectivity index (χ2n) is 6.02. The molecule has 2 N–H and O–H groups in total. The predicted molar refractivity (Wildman–Crippen MR) is 105 cm³/mol. The van der Waals surface area contributed by atoms with E-state index in [0.29, 0.717) is 22.3 Å². The highest BCUT2D eigenvalue weighted by Gasteiger charge is 2.15. The molecule has 1 unspecified atom stereocenters. The highest BCUT2D eigenvalue weighted by Crippen LogP contribution is 2.29. The summed E-state index contributed by atoms with van der Waals surface area (Å²) in [6.45, 7) is 6.31. The molecule has 2 aromatic carbocycles. The van der Waals surface area contributed by atoms with Crippen molar-refractivity contribution >= 4 is 40.5 Å². The second kappa shape index (κ2) is 9.09. The van der Waals surface area contributed by atoms with Gasteiger partial charge in [0.2, 0.25) is 5.91 Å². The fraction of sp³-hybridized carbons (Fsp3) is 0.316. The number of rotatable bonds is 7. The Kier molecular flexibility index (Phi) is 7.12. The summed E-state index contributed by atoms with van der Waals surface area (Å²) in [5.74, 6) is -0.201. The molecule has 1 amide bonds. The molecule has 0 heterocycles. The molecule has 0 bridgehead atoms. The van der Waals surface area contributed by atoms with Gasteiger partial charge >= 0.3 is 0 Å². The molecular weight excluding hydrogens is 359 g/mol. The third kappa shape index (κ3) is 5.92. The molecule has 25 heavy (non-hydrogen) atoms. The van der Waals surface area contributed by atoms with Gasteiger partial charge in [0, 0.05) is 5.69 Å². The molecule has 0 saturated heterocycles. The van der Waals surface area contributed by atoms with Crippen LogP contribution in [0, 0.1) is 0 Å². The number of benzene rings is 2. The molecule has 1 atom stereocenters. The van der Waals surface area contributed by atoms with Gasteiger partial charge in [-0.3, -0.25) is 4.79 Å². The van der Waals surface area contributed by atoms with Crippen LogP contribution in [0.1, 0.15) is 26.3 Å². The number of hydrogen-bond acceptors (Lipinski definition) is 3. The Balaban J connectivity index is 1.99. The van der Waals surface area contributed by atoms with Crippen LogP contribution in [-0.4, -0.2) is 18.1 Å². The number of amides is 1. The van der Waals surface area contributed by atoms with Gasteiger partial charge in [-0.1, -0.05) is 41.4 Å². The van der Waals surface area contributed by atoms with E-state index in [9.17, 15) is 4.79 Å². The number of carbonyl (C=O) groups excluding carboxylic acids is 1. The molecule has 4 nitrogen and oxygen atoms in total. The summed E-state index contributed by atoms with van der Waals surface area (Å²) in [7, 11) is 0. The van der Waals surface area contributed by atoms with E-state index in [0.717, 1.165) is 11.3 Å². The highest BCUT2D eigenvalue weighted by molar-refractivity contribution is 6.44. The van der Waals surface area contributed by atoms with E-state index >= 15 is 0 Å². The summed E-state index contributed by atoms with van der Waals surface area (Å²) in [5, 5.41) is 6.70. The van der Waals surface area contributed by atoms with E-state index in [1.165, 1.54) is 0 Å². The number of anilines is 2. The zero-order valence-electron chi connectivity index (χ0n) is 14.5. The van der Waals surface area contributed by atoms with Crippen molar-refractivity contribution in [2.75, 3.05) is 10.6 Å². The number of carbonyl (C=O) groups is 1. The van der Waals surface area contributed by atoms with Crippen molar-refractivity contribution in [3.63, 3.8) is 0 Å². The molecule has 2 rings (SSSR count). The summed E-state index contributed by atoms with van der Waals surface area (Å²) in [4.78, 5) is 12.4. The summed E-state index contributed by atoms with van der Waals surface area (Å²) in [6.07, 6.45) is 0.170. The number of halogens is 2. The first-order chi connectivity index (χ1) is 11.9. The maximum absolute atomic E-state index is 12.4. The molecule has 0 radical (unpaired) electrons. The molecule has 2 aromatic rings. The van der Waals surface area contributed by atoms with Crippen LogP contribution in [0.3, 0.4) is 0 Å². The lowest BCUT2D eigenvalue weighted by atomic mass is 10.2. The van der Waals surface area contributed by atoms with Gasteiger partial charge in [0.1, 0.15) is 6.04 Å². The fourth-order valence-corrected chi connectivity index (χ4v) is 2.52. The molecule has 0 fully saturated rings. The normalized spacial score (nSPS) is 12.1. The molecule has 0 aliphatic rings. The second-order valence-corrected chi connectivity index (χ2v) is 6.80. The van der Waals surface area contributed by atoms with Crippen molar-refractivity contribution in [1.29, 1.82) is 0 Å². The van der Waals surface area contributed by atoms with E-state index in [-0.39, 0.29) is 12.0 Å². The van der Waals surface area contributed by atoms with E-state index < -0.39 is 6.04 Å². The van der Waals surface area contributed by atoms with Crippen molar-refractivity contribution in [3.05, 3.63) is 58.1 Å². The van der Waals surface area contributed by atoms with Gasteiger partial charge in [0.15, 0.2) is 0 Å². The van der Waals surface area contributed by atoms with Crippen molar-refractivity contribution in [2.24, 2.45) is 0 Å². The molecule has 134 valence electrons. The van der Waals surface area contributed by atoms with Crippen LogP contribution in [0.2, 0.25) is 10.0 Å². The molecule has 0 aliphatic carbocycles. The summed E-state index contributed by atoms with van der Waals surface area (Å²) < 4.78 is 5.60. The maximum atomic E-state index is 12.4. The van der Waals surface area contributed by atoms with Crippen LogP contribution in [-0.2, 0) is 16.1 Å². The Morgan fingerprint density at radius 1 is 1.12 bits per heavy atom. The SMILES string of the molecule is CC(C)OCc1cccc(NC(C)C(=O)Nc2cccc(Cl)c2Cl)c1. The average Bonchev–Trinajstić information content (AvgIpc) is 2.57. The maximum Gasteiger partial charge on any atom is 0.246 e. The Morgan fingerprint density at radius 2 is 1.84 bits per heavy atom. The van der Waals surface area contributed by atoms with Gasteiger partial charge in [-0.15, -0.1) is 0 Å². The molecule has 6 heteroatoms. The van der Waals surface area contributed by atoms with Crippen LogP contribution >= 0.6 is 23.2 Å². The van der Waals surface area contributed by atoms with E-state index in [1.54, 1.807) is 25.1 Å². The minimum Gasteiger partial charge on any atom is -0.374 e. The van der Waals surface area contributed by atoms with Gasteiger partial charge in [-0.05, 0) is 50.6 Å². The summed E-state index contributed by atoms with van der Waals surface area (Å²) >= 11 is 12.1. The van der Waals surface area contributed by atoms with E-state index in [1.807, 2.05) is 38.1 Å². The van der Waals surface area contributed by atoms with Gasteiger partial charge < -0.3 is 15.4 Å². The zero-order valence-corrected chi connectivity index (χ0v) is 16.0. The van der Waals surface area contributed by atoms with Crippen LogP contribution in [0.25, 0.3) is 0 Å². The van der Waals surface area contributed by atoms with Gasteiger partial charge in [0.25, 0.3) is 0 Å². The smallest absolute Gasteiger partial charge is 0.246 e. The highest BCUT2D eigenvalue weighted by atomic mass is 35.5. The van der Waals surface area contributed by atoms with Crippen LogP contribution in [0.4, 0.5) is 11.4 Å². The average molecular weight is 381 g/mol. The zero-order chi connectivity index (χ0) is 18.4. The standard InChI is InChI=1S/C19H22Cl2N2O2/c1-12(2)25-11-14-6-4-7-15(10-14)22-13(3)19(24)23-17-9-5-8-16(20)18(17)21/h4-10,12-13,22H,11H2,1-3H3,(H,23,24). The first-order valence-electron chi connectivity index (χ1n) is 8.08. The van der Waals surface area contributed by atoms with Crippen LogP contribution in [0.15, 0.2) is 42.5 Å². The first kappa shape index (κ1) is 19.6. The predicted octanol–water partition coefficient (Wildman–Crippen LogP) is 5.36. The molecule has 0 aromatic heterocycles. The first-order valence-corrected chi connectivity index (χ1v) is 8.84. The third-order valence-corrected chi connectivity index (χ3v) is 4.32. The minimum absolute atomic E-state index is 0.170. The minimum atomic E-state index is -0.448. The Morgan fingerprint density at radius 3 is 2.56 bits per heavy atom. The number of hydrogen-bond donors (Lipinski definition) is 2. The topological polar surface area (TPSA) is 50.4 Å². The van der Waals surface area contributed by atoms with Gasteiger partial charge in [-0.2, -0.15) is 0 Å². The van der Waals surface area contributed by atoms with Crippen molar-refractivity contribution < 1.29 is 9.53 Å². The summed E-state index contributed by atoms with van der Waals surface area (Å²) in [5.41, 5.74) is 2.39. The van der Waals surface area contributed by atoms with E-state index in [2.05, 4.69) is 10.6 Å². The van der Waals surface area contributed by atoms with Crippen molar-refractivity contribution in [2.45, 2.75) is 39.5 Å². The Hall–Kier alpha value is -1.75. The summed E-state index contributed by atoms with van der Waals surface area (Å²) in [6, 6.07) is 12.5. The van der Waals surface area contributed by atoms with Crippen molar-refractivity contribution in [1.82, 2.24) is 0 Å².